The molecule has 6 heteroatoms. The van der Waals surface area contributed by atoms with Crippen LogP contribution >= 0.6 is 0 Å². The average Bonchev–Trinajstić information content (AvgIpc) is 2.79. The van der Waals surface area contributed by atoms with Gasteiger partial charge in [0.05, 0.1) is 6.04 Å². The first-order chi connectivity index (χ1) is 10.00. The number of nitrogens with two attached hydrogens (primary N) is 1. The van der Waals surface area contributed by atoms with Crippen molar-refractivity contribution < 1.29 is 13.2 Å². The van der Waals surface area contributed by atoms with Crippen molar-refractivity contribution in [2.75, 3.05) is 6.54 Å². The van der Waals surface area contributed by atoms with Crippen LogP contribution in [0.25, 0.3) is 0 Å². The lowest BCUT2D eigenvalue weighted by Crippen LogP contribution is -2.33. The molecule has 1 aliphatic heterocycles. The molecular weight excluding hydrogens is 300 g/mol. The molecule has 0 radical (unpaired) electrons. The molecule has 2 rings (SSSR count). The Bertz CT molecular complexity index is 660. The molecule has 2 unspecified atom stereocenters. The molecule has 1 aliphatic rings. The topological polar surface area (TPSA) is 80.5 Å². The van der Waals surface area contributed by atoms with Gasteiger partial charge < -0.3 is 4.90 Å². The molecule has 0 spiro atoms. The summed E-state index contributed by atoms with van der Waals surface area (Å²) >= 11 is 0. The number of primary sulfonamides is 1. The monoisotopic (exact) mass is 324 g/mol. The Kier molecular flexibility index (Phi) is 4.37. The Morgan fingerprint density at radius 2 is 1.77 bits per heavy atom. The molecule has 0 bridgehead atoms. The largest absolute Gasteiger partial charge is 0.335 e. The molecule has 2 N–H and O–H groups in total. The van der Waals surface area contributed by atoms with E-state index in [-0.39, 0.29) is 30.3 Å². The first-order valence-corrected chi connectivity index (χ1v) is 9.02. The van der Waals surface area contributed by atoms with E-state index < -0.39 is 15.3 Å². The van der Waals surface area contributed by atoms with E-state index >= 15 is 0 Å². The summed E-state index contributed by atoms with van der Waals surface area (Å²) in [5.41, 5.74) is 2.29. The minimum absolute atomic E-state index is 0.0246. The van der Waals surface area contributed by atoms with Gasteiger partial charge in [0.15, 0.2) is 0 Å². The van der Waals surface area contributed by atoms with Crippen molar-refractivity contribution in [1.29, 1.82) is 0 Å². The van der Waals surface area contributed by atoms with E-state index in [1.54, 1.807) is 4.90 Å². The first kappa shape index (κ1) is 17.0. The quantitative estimate of drug-likeness (QED) is 0.922. The fourth-order valence-electron chi connectivity index (χ4n) is 2.73. The molecule has 1 aromatic rings. The van der Waals surface area contributed by atoms with Crippen LogP contribution in [-0.2, 0) is 20.2 Å². The highest BCUT2D eigenvalue weighted by atomic mass is 32.2. The molecule has 1 fully saturated rings. The average molecular weight is 324 g/mol. The van der Waals surface area contributed by atoms with Crippen molar-refractivity contribution >= 4 is 15.9 Å². The number of sulfonamides is 1. The lowest BCUT2D eigenvalue weighted by atomic mass is 9.86. The summed E-state index contributed by atoms with van der Waals surface area (Å²) in [6, 6.07) is 7.96. The highest BCUT2D eigenvalue weighted by Gasteiger charge is 2.38. The molecule has 1 amide bonds. The Hall–Kier alpha value is -1.40. The lowest BCUT2D eigenvalue weighted by molar-refractivity contribution is -0.129. The van der Waals surface area contributed by atoms with Crippen LogP contribution in [0.1, 0.15) is 51.3 Å². The van der Waals surface area contributed by atoms with Gasteiger partial charge in [-0.1, -0.05) is 45.0 Å². The normalized spacial score (nSPS) is 21.2. The van der Waals surface area contributed by atoms with Gasteiger partial charge in [-0.25, -0.2) is 13.6 Å². The summed E-state index contributed by atoms with van der Waals surface area (Å²) in [6.45, 7) is 8.51. The van der Waals surface area contributed by atoms with Gasteiger partial charge in [0.25, 0.3) is 0 Å². The third-order valence-corrected chi connectivity index (χ3v) is 5.56. The van der Waals surface area contributed by atoms with Crippen molar-refractivity contribution in [3.8, 4) is 0 Å². The Labute approximate surface area is 132 Å². The van der Waals surface area contributed by atoms with Gasteiger partial charge in [0.1, 0.15) is 5.25 Å². The maximum Gasteiger partial charge on any atom is 0.224 e. The Morgan fingerprint density at radius 3 is 2.18 bits per heavy atom. The van der Waals surface area contributed by atoms with Crippen LogP contribution in [0, 0.1) is 0 Å². The van der Waals surface area contributed by atoms with Gasteiger partial charge >= 0.3 is 0 Å². The number of carbonyl (C=O) groups excluding carboxylic acids is 1. The number of amides is 1. The van der Waals surface area contributed by atoms with E-state index in [1.807, 2.05) is 19.1 Å². The van der Waals surface area contributed by atoms with Crippen molar-refractivity contribution in [3.63, 3.8) is 0 Å². The number of nitrogens with zero attached hydrogens (tertiary/aromatic N) is 1. The van der Waals surface area contributed by atoms with E-state index in [9.17, 15) is 13.2 Å². The third-order valence-electron chi connectivity index (χ3n) is 4.31. The number of benzene rings is 1. The standard InChI is InChI=1S/C16H24N2O3S/c1-11(12-5-7-13(8-6-12)16(2,3)4)18-10-14(9-15(18)19)22(17,20)21/h5-8,11,14H,9-10H2,1-4H3,(H2,17,20,21). The molecular formula is C16H24N2O3S. The van der Waals surface area contributed by atoms with E-state index in [1.165, 1.54) is 5.56 Å². The second-order valence-electron chi connectivity index (χ2n) is 7.01. The molecule has 22 heavy (non-hydrogen) atoms. The third kappa shape index (κ3) is 3.50. The van der Waals surface area contributed by atoms with Crippen LogP contribution in [-0.4, -0.2) is 31.0 Å². The predicted molar refractivity (Wildman–Crippen MR) is 86.8 cm³/mol. The molecule has 1 heterocycles. The molecule has 0 saturated carbocycles. The first-order valence-electron chi connectivity index (χ1n) is 7.41. The Balaban J connectivity index is 2.18. The Morgan fingerprint density at radius 1 is 1.23 bits per heavy atom. The molecule has 0 aromatic heterocycles. The van der Waals surface area contributed by atoms with Crippen LogP contribution in [0.2, 0.25) is 0 Å². The van der Waals surface area contributed by atoms with Gasteiger partial charge in [-0.2, -0.15) is 0 Å². The van der Waals surface area contributed by atoms with Crippen molar-refractivity contribution in [3.05, 3.63) is 35.4 Å². The van der Waals surface area contributed by atoms with Crippen LogP contribution < -0.4 is 5.14 Å². The second kappa shape index (κ2) is 5.66. The maximum absolute atomic E-state index is 12.1. The van der Waals surface area contributed by atoms with Crippen molar-refractivity contribution in [2.24, 2.45) is 5.14 Å². The minimum Gasteiger partial charge on any atom is -0.335 e. The number of hydrogen-bond donors (Lipinski definition) is 1. The zero-order valence-electron chi connectivity index (χ0n) is 13.5. The predicted octanol–water partition coefficient (Wildman–Crippen LogP) is 1.93. The van der Waals surface area contributed by atoms with Crippen molar-refractivity contribution in [1.82, 2.24) is 4.90 Å². The summed E-state index contributed by atoms with van der Waals surface area (Å²) in [6.07, 6.45) is -0.0246. The summed E-state index contributed by atoms with van der Waals surface area (Å²) < 4.78 is 22.9. The molecule has 0 aliphatic carbocycles. The summed E-state index contributed by atoms with van der Waals surface area (Å²) in [4.78, 5) is 13.7. The second-order valence-corrected chi connectivity index (χ2v) is 8.85. The van der Waals surface area contributed by atoms with E-state index in [4.69, 9.17) is 5.14 Å². The number of rotatable bonds is 3. The van der Waals surface area contributed by atoms with Crippen LogP contribution in [0.5, 0.6) is 0 Å². The van der Waals surface area contributed by atoms with Crippen molar-refractivity contribution in [2.45, 2.75) is 50.8 Å². The zero-order chi connectivity index (χ0) is 16.7. The zero-order valence-corrected chi connectivity index (χ0v) is 14.4. The SMILES string of the molecule is CC(c1ccc(C(C)(C)C)cc1)N1CC(S(N)(=O)=O)CC1=O. The van der Waals surface area contributed by atoms with Gasteiger partial charge in [0.2, 0.25) is 15.9 Å². The fourth-order valence-corrected chi connectivity index (χ4v) is 3.48. The minimum atomic E-state index is -3.67. The molecule has 2 atom stereocenters. The highest BCUT2D eigenvalue weighted by molar-refractivity contribution is 7.89. The van der Waals surface area contributed by atoms with Gasteiger partial charge in [-0.3, -0.25) is 4.79 Å². The number of likely N-dealkylation sites (tertiary alicyclic amines) is 1. The van der Waals surface area contributed by atoms with Crippen LogP contribution in [0.4, 0.5) is 0 Å². The van der Waals surface area contributed by atoms with E-state index in [0.29, 0.717) is 0 Å². The fraction of sp³-hybridized carbons (Fsp3) is 0.562. The summed E-state index contributed by atoms with van der Waals surface area (Å²) in [5.74, 6) is -0.161. The molecule has 1 aromatic carbocycles. The smallest absolute Gasteiger partial charge is 0.224 e. The maximum atomic E-state index is 12.1. The summed E-state index contributed by atoms with van der Waals surface area (Å²) in [7, 11) is -3.67. The van der Waals surface area contributed by atoms with Crippen LogP contribution in [0.15, 0.2) is 24.3 Å². The highest BCUT2D eigenvalue weighted by Crippen LogP contribution is 2.29. The number of carbonyl (C=O) groups is 1. The summed E-state index contributed by atoms with van der Waals surface area (Å²) in [5, 5.41) is 4.37. The van der Waals surface area contributed by atoms with E-state index in [2.05, 4.69) is 32.9 Å². The van der Waals surface area contributed by atoms with Crippen LogP contribution in [0.3, 0.4) is 0 Å². The van der Waals surface area contributed by atoms with E-state index in [0.717, 1.165) is 5.56 Å². The molecule has 122 valence electrons. The van der Waals surface area contributed by atoms with Gasteiger partial charge in [0, 0.05) is 13.0 Å². The van der Waals surface area contributed by atoms with Gasteiger partial charge in [-0.05, 0) is 23.5 Å². The molecule has 1 saturated heterocycles. The number of hydrogen-bond acceptors (Lipinski definition) is 3. The lowest BCUT2D eigenvalue weighted by Gasteiger charge is -2.26. The van der Waals surface area contributed by atoms with Gasteiger partial charge in [-0.15, -0.1) is 0 Å². The molecule has 5 nitrogen and oxygen atoms in total.